The van der Waals surface area contributed by atoms with Crippen LogP contribution >= 0.6 is 12.2 Å². The Labute approximate surface area is 109 Å². The third kappa shape index (κ3) is 1.32. The van der Waals surface area contributed by atoms with Gasteiger partial charge in [-0.2, -0.15) is 0 Å². The summed E-state index contributed by atoms with van der Waals surface area (Å²) in [5.74, 6) is 9.74. The number of thiocarbonyl (C=S) groups is 1. The van der Waals surface area contributed by atoms with Gasteiger partial charge in [0.2, 0.25) is 0 Å². The minimum Gasteiger partial charge on any atom is -0.248 e. The van der Waals surface area contributed by atoms with E-state index in [2.05, 4.69) is 12.2 Å². The van der Waals surface area contributed by atoms with Gasteiger partial charge in [0.05, 0.1) is 5.16 Å². The quantitative estimate of drug-likeness (QED) is 0.508. The molecule has 7 aliphatic rings. The van der Waals surface area contributed by atoms with E-state index in [4.69, 9.17) is 5.41 Å². The molecule has 0 aromatic heterocycles. The molecule has 0 spiro atoms. The van der Waals surface area contributed by atoms with Crippen molar-refractivity contribution in [3.05, 3.63) is 0 Å². The minimum atomic E-state index is 1.19. The molecule has 7 aliphatic carbocycles. The highest BCUT2D eigenvalue weighted by Crippen LogP contribution is 2.71. The molecule has 0 aromatic rings. The summed E-state index contributed by atoms with van der Waals surface area (Å²) < 4.78 is 0. The maximum atomic E-state index is 5.77. The molecule has 7 fully saturated rings. The van der Waals surface area contributed by atoms with Crippen LogP contribution in [0, 0.1) is 52.8 Å². The van der Waals surface area contributed by atoms with Crippen molar-refractivity contribution >= 4 is 17.4 Å². The van der Waals surface area contributed by atoms with Crippen LogP contribution in [0.25, 0.3) is 0 Å². The lowest BCUT2D eigenvalue weighted by Gasteiger charge is -2.69. The zero-order valence-corrected chi connectivity index (χ0v) is 11.1. The van der Waals surface area contributed by atoms with Crippen LogP contribution in [0.4, 0.5) is 0 Å². The fourth-order valence-electron chi connectivity index (χ4n) is 6.89. The molecule has 0 amide bonds. The van der Waals surface area contributed by atoms with E-state index < -0.39 is 0 Å². The Bertz CT molecular complexity index is 284. The lowest BCUT2D eigenvalue weighted by Crippen LogP contribution is -2.62. The van der Waals surface area contributed by atoms with E-state index in [-0.39, 0.29) is 0 Å². The lowest BCUT2D eigenvalue weighted by molar-refractivity contribution is -0.202. The zero-order valence-electron chi connectivity index (χ0n) is 10.3. The summed E-state index contributed by atoms with van der Waals surface area (Å²) in [6.07, 6.45) is 9.93. The van der Waals surface area contributed by atoms with Crippen LogP contribution in [0.5, 0.6) is 0 Å². The highest BCUT2D eigenvalue weighted by Gasteiger charge is 2.63. The van der Waals surface area contributed by atoms with Crippen LogP contribution in [0.1, 0.15) is 38.5 Å². The Hall–Kier alpha value is -0.200. The van der Waals surface area contributed by atoms with Crippen molar-refractivity contribution in [1.29, 1.82) is 5.41 Å². The molecule has 1 N–H and O–H groups in total. The van der Waals surface area contributed by atoms with Crippen molar-refractivity contribution in [3.63, 3.8) is 0 Å². The van der Waals surface area contributed by atoms with Gasteiger partial charge in [0.1, 0.15) is 0 Å². The van der Waals surface area contributed by atoms with Crippen molar-refractivity contribution < 1.29 is 0 Å². The highest BCUT2D eigenvalue weighted by atomic mass is 32.1. The molecule has 1 nitrogen and oxygen atoms in total. The molecular weight excluding hydrogens is 226 g/mol. The van der Waals surface area contributed by atoms with Gasteiger partial charge in [-0.15, -0.1) is 0 Å². The average Bonchev–Trinajstić information content (AvgIpc) is 2.36. The number of hydrogen-bond acceptors (Lipinski definition) is 2. The van der Waals surface area contributed by atoms with Gasteiger partial charge in [-0.3, -0.25) is 0 Å². The van der Waals surface area contributed by atoms with Crippen molar-refractivity contribution in [2.75, 3.05) is 0 Å². The number of hydrogen-bond donors (Lipinski definition) is 1. The van der Waals surface area contributed by atoms with Gasteiger partial charge in [0, 0.05) is 0 Å². The first-order valence-corrected chi connectivity index (χ1v) is 7.76. The van der Waals surface area contributed by atoms with E-state index in [1.807, 2.05) is 0 Å². The predicted molar refractivity (Wildman–Crippen MR) is 70.9 cm³/mol. The largest absolute Gasteiger partial charge is 0.248 e. The molecule has 0 heterocycles. The van der Waals surface area contributed by atoms with E-state index >= 15 is 0 Å². The van der Waals surface area contributed by atoms with Gasteiger partial charge >= 0.3 is 0 Å². The normalized spacial score (nSPS) is 59.8. The third-order valence-corrected chi connectivity index (χ3v) is 6.93. The van der Waals surface area contributed by atoms with Crippen LogP contribution in [0.3, 0.4) is 0 Å². The van der Waals surface area contributed by atoms with Gasteiger partial charge < -0.3 is 0 Å². The maximum absolute atomic E-state index is 5.77. The molecule has 0 aromatic carbocycles. The lowest BCUT2D eigenvalue weighted by atomic mass is 9.36. The Balaban J connectivity index is 0.000000246. The summed E-state index contributed by atoms with van der Waals surface area (Å²) in [7, 11) is 0. The Morgan fingerprint density at radius 3 is 1.00 bits per heavy atom. The number of rotatable bonds is 0. The van der Waals surface area contributed by atoms with E-state index in [1.54, 1.807) is 43.7 Å². The van der Waals surface area contributed by atoms with Crippen LogP contribution in [-0.2, 0) is 0 Å². The van der Waals surface area contributed by atoms with Gasteiger partial charge in [0.15, 0.2) is 0 Å². The van der Waals surface area contributed by atoms with Gasteiger partial charge in [-0.25, -0.2) is 5.41 Å². The fourth-order valence-corrected chi connectivity index (χ4v) is 6.89. The molecule has 0 unspecified atom stereocenters. The van der Waals surface area contributed by atoms with Crippen molar-refractivity contribution in [2.45, 2.75) is 38.5 Å². The summed E-state index contributed by atoms with van der Waals surface area (Å²) in [5, 5.41) is 7.36. The summed E-state index contributed by atoms with van der Waals surface area (Å²) in [4.78, 5) is 0. The van der Waals surface area contributed by atoms with Crippen LogP contribution < -0.4 is 0 Å². The molecule has 17 heavy (non-hydrogen) atoms. The first-order chi connectivity index (χ1) is 8.31. The monoisotopic (exact) mass is 247 g/mol. The second-order valence-electron chi connectivity index (χ2n) is 7.23. The van der Waals surface area contributed by atoms with Crippen molar-refractivity contribution in [2.24, 2.45) is 47.3 Å². The highest BCUT2D eigenvalue weighted by molar-refractivity contribution is 7.78. The van der Waals surface area contributed by atoms with Gasteiger partial charge in [-0.1, -0.05) is 0 Å². The third-order valence-electron chi connectivity index (χ3n) is 6.93. The summed E-state index contributed by atoms with van der Waals surface area (Å²) in [5.41, 5.74) is 0. The standard InChI is InChI=1S/C14H20.CHNS/c1-7-2-12-10-4-8-5-11(9(1)10)13(3-7)14(12)6-8;2-1-3/h7-14H,1-6H2;2H. The molecule has 7 rings (SSSR count). The van der Waals surface area contributed by atoms with Crippen molar-refractivity contribution in [3.8, 4) is 0 Å². The molecule has 0 saturated heterocycles. The van der Waals surface area contributed by atoms with E-state index in [0.717, 1.165) is 0 Å². The molecule has 92 valence electrons. The Morgan fingerprint density at radius 1 is 0.647 bits per heavy atom. The Morgan fingerprint density at radius 2 is 0.824 bits per heavy atom. The topological polar surface area (TPSA) is 23.9 Å². The van der Waals surface area contributed by atoms with Gasteiger partial charge in [-0.05, 0) is 98.1 Å². The second kappa shape index (κ2) is 3.65. The summed E-state index contributed by atoms with van der Waals surface area (Å²) in [6, 6.07) is 0. The molecule has 0 atom stereocenters. The van der Waals surface area contributed by atoms with Crippen LogP contribution in [-0.4, -0.2) is 5.16 Å². The second-order valence-corrected chi connectivity index (χ2v) is 7.44. The molecule has 0 radical (unpaired) electrons. The summed E-state index contributed by atoms with van der Waals surface area (Å²) in [6.45, 7) is 0. The smallest absolute Gasteiger partial charge is 0.0554 e. The first-order valence-electron chi connectivity index (χ1n) is 7.35. The van der Waals surface area contributed by atoms with Crippen molar-refractivity contribution in [1.82, 2.24) is 0 Å². The van der Waals surface area contributed by atoms with E-state index in [0.29, 0.717) is 0 Å². The minimum absolute atomic E-state index is 1.19. The maximum Gasteiger partial charge on any atom is 0.0554 e. The molecule has 2 heteroatoms. The summed E-state index contributed by atoms with van der Waals surface area (Å²) >= 11 is 3.81. The zero-order chi connectivity index (χ0) is 11.6. The van der Waals surface area contributed by atoms with E-state index in [1.165, 1.54) is 47.3 Å². The molecule has 8 bridgehead atoms. The average molecular weight is 247 g/mol. The SMILES string of the molecule is C1C2CC3C4CC5CC(C14)C(C2)C3C5.N=C=S. The number of isothiocyanates is 1. The number of nitrogens with one attached hydrogen (secondary N) is 1. The molecule has 7 saturated carbocycles. The first kappa shape index (κ1) is 10.7. The van der Waals surface area contributed by atoms with Crippen LogP contribution in [0.15, 0.2) is 0 Å². The fraction of sp³-hybridized carbons (Fsp3) is 0.933. The Kier molecular flexibility index (Phi) is 2.30. The predicted octanol–water partition coefficient (Wildman–Crippen LogP) is 3.99. The molecular formula is C15H21NS. The van der Waals surface area contributed by atoms with Gasteiger partial charge in [0.25, 0.3) is 0 Å². The van der Waals surface area contributed by atoms with E-state index in [9.17, 15) is 0 Å². The molecule has 0 aliphatic heterocycles. The van der Waals surface area contributed by atoms with Crippen LogP contribution in [0.2, 0.25) is 0 Å².